The van der Waals surface area contributed by atoms with E-state index in [0.717, 1.165) is 23.5 Å². The molecule has 25 heavy (non-hydrogen) atoms. The molecule has 0 aliphatic carbocycles. The van der Waals surface area contributed by atoms with E-state index in [1.807, 2.05) is 19.1 Å². The molecule has 5 heteroatoms. The second-order valence-corrected chi connectivity index (χ2v) is 5.49. The van der Waals surface area contributed by atoms with E-state index >= 15 is 0 Å². The standard InChI is InChI=1S/C20H25NO4/c1-4-12-24-14-16-13-15(6-11-19(16)25-5-2)20(22)21-17-7-9-18(23-3)10-8-17/h6-11,13H,4-5,12,14H2,1-3H3,(H,21,22). The molecule has 1 N–H and O–H groups in total. The van der Waals surface area contributed by atoms with Crippen molar-refractivity contribution < 1.29 is 19.0 Å². The van der Waals surface area contributed by atoms with Gasteiger partial charge in [-0.15, -0.1) is 0 Å². The number of nitrogens with one attached hydrogen (secondary N) is 1. The largest absolute Gasteiger partial charge is 0.497 e. The first kappa shape index (κ1) is 18.8. The lowest BCUT2D eigenvalue weighted by atomic mass is 10.1. The lowest BCUT2D eigenvalue weighted by Crippen LogP contribution is -2.13. The van der Waals surface area contributed by atoms with Crippen molar-refractivity contribution >= 4 is 11.6 Å². The first-order chi connectivity index (χ1) is 12.2. The number of carbonyl (C=O) groups is 1. The molecule has 2 aromatic carbocycles. The van der Waals surface area contributed by atoms with Gasteiger partial charge in [0.1, 0.15) is 11.5 Å². The van der Waals surface area contributed by atoms with Crippen LogP contribution in [0.1, 0.15) is 36.2 Å². The Balaban J connectivity index is 2.12. The van der Waals surface area contributed by atoms with Crippen molar-refractivity contribution in [1.82, 2.24) is 0 Å². The summed E-state index contributed by atoms with van der Waals surface area (Å²) in [5, 5.41) is 2.88. The lowest BCUT2D eigenvalue weighted by molar-refractivity contribution is 0.102. The van der Waals surface area contributed by atoms with Crippen molar-refractivity contribution in [3.8, 4) is 11.5 Å². The highest BCUT2D eigenvalue weighted by atomic mass is 16.5. The Kier molecular flexibility index (Phi) is 7.29. The molecule has 5 nitrogen and oxygen atoms in total. The first-order valence-corrected chi connectivity index (χ1v) is 8.46. The third-order valence-electron chi connectivity index (χ3n) is 3.58. The fraction of sp³-hybridized carbons (Fsp3) is 0.350. The van der Waals surface area contributed by atoms with Crippen molar-refractivity contribution in [1.29, 1.82) is 0 Å². The molecule has 0 aliphatic heterocycles. The number of rotatable bonds is 9. The van der Waals surface area contributed by atoms with Gasteiger partial charge in [0.15, 0.2) is 0 Å². The number of hydrogen-bond donors (Lipinski definition) is 1. The highest BCUT2D eigenvalue weighted by Gasteiger charge is 2.11. The van der Waals surface area contributed by atoms with E-state index in [4.69, 9.17) is 14.2 Å². The zero-order valence-corrected chi connectivity index (χ0v) is 15.0. The second kappa shape index (κ2) is 9.69. The molecule has 0 saturated carbocycles. The zero-order valence-electron chi connectivity index (χ0n) is 15.0. The Labute approximate surface area is 148 Å². The normalized spacial score (nSPS) is 10.4. The Hall–Kier alpha value is -2.53. The molecule has 0 heterocycles. The summed E-state index contributed by atoms with van der Waals surface area (Å²) in [6.45, 7) is 5.65. The number of hydrogen-bond acceptors (Lipinski definition) is 4. The molecule has 0 aromatic heterocycles. The van der Waals surface area contributed by atoms with Gasteiger partial charge < -0.3 is 19.5 Å². The molecule has 134 valence electrons. The molecule has 0 spiro atoms. The van der Waals surface area contributed by atoms with Gasteiger partial charge in [-0.2, -0.15) is 0 Å². The maximum Gasteiger partial charge on any atom is 0.255 e. The maximum atomic E-state index is 12.5. The molecule has 2 aromatic rings. The molecular formula is C20H25NO4. The molecular weight excluding hydrogens is 318 g/mol. The van der Waals surface area contributed by atoms with E-state index in [1.165, 1.54) is 0 Å². The van der Waals surface area contributed by atoms with Crippen molar-refractivity contribution in [2.45, 2.75) is 26.9 Å². The lowest BCUT2D eigenvalue weighted by Gasteiger charge is -2.13. The smallest absolute Gasteiger partial charge is 0.255 e. The summed E-state index contributed by atoms with van der Waals surface area (Å²) in [4.78, 5) is 12.5. The summed E-state index contributed by atoms with van der Waals surface area (Å²) in [6.07, 6.45) is 0.946. The monoisotopic (exact) mass is 343 g/mol. The summed E-state index contributed by atoms with van der Waals surface area (Å²) < 4.78 is 16.3. The zero-order chi connectivity index (χ0) is 18.1. The molecule has 0 unspecified atom stereocenters. The predicted molar refractivity (Wildman–Crippen MR) is 98.5 cm³/mol. The van der Waals surface area contributed by atoms with E-state index in [1.54, 1.807) is 37.4 Å². The van der Waals surface area contributed by atoms with Crippen LogP contribution in [0.3, 0.4) is 0 Å². The van der Waals surface area contributed by atoms with Crippen LogP contribution in [0.2, 0.25) is 0 Å². The summed E-state index contributed by atoms with van der Waals surface area (Å²) in [7, 11) is 1.61. The average molecular weight is 343 g/mol. The summed E-state index contributed by atoms with van der Waals surface area (Å²) in [5.41, 5.74) is 2.15. The van der Waals surface area contributed by atoms with Crippen LogP contribution in [0.5, 0.6) is 11.5 Å². The number of methoxy groups -OCH3 is 1. The van der Waals surface area contributed by atoms with Crippen molar-refractivity contribution in [3.05, 3.63) is 53.6 Å². The minimum atomic E-state index is -0.176. The van der Waals surface area contributed by atoms with E-state index in [9.17, 15) is 4.79 Å². The van der Waals surface area contributed by atoms with E-state index in [-0.39, 0.29) is 5.91 Å². The molecule has 1 amide bonds. The molecule has 2 rings (SSSR count). The maximum absolute atomic E-state index is 12.5. The number of ether oxygens (including phenoxy) is 3. The fourth-order valence-corrected chi connectivity index (χ4v) is 2.33. The number of amides is 1. The number of carbonyl (C=O) groups excluding carboxylic acids is 1. The van der Waals surface area contributed by atoms with Crippen LogP contribution in [0, 0.1) is 0 Å². The van der Waals surface area contributed by atoms with Gasteiger partial charge in [0.2, 0.25) is 0 Å². The Morgan fingerprint density at radius 3 is 2.48 bits per heavy atom. The Morgan fingerprint density at radius 2 is 1.84 bits per heavy atom. The molecule has 0 atom stereocenters. The molecule has 0 saturated heterocycles. The highest BCUT2D eigenvalue weighted by Crippen LogP contribution is 2.23. The van der Waals surface area contributed by atoms with Gasteiger partial charge in [-0.05, 0) is 55.8 Å². The minimum Gasteiger partial charge on any atom is -0.497 e. The summed E-state index contributed by atoms with van der Waals surface area (Å²) in [5.74, 6) is 1.32. The van der Waals surface area contributed by atoms with Crippen LogP contribution in [0.15, 0.2) is 42.5 Å². The Morgan fingerprint density at radius 1 is 1.08 bits per heavy atom. The van der Waals surface area contributed by atoms with Gasteiger partial charge >= 0.3 is 0 Å². The van der Waals surface area contributed by atoms with Gasteiger partial charge in [0, 0.05) is 23.4 Å². The molecule has 0 fully saturated rings. The van der Waals surface area contributed by atoms with E-state index in [2.05, 4.69) is 12.2 Å². The summed E-state index contributed by atoms with van der Waals surface area (Å²) >= 11 is 0. The SMILES string of the molecule is CCCOCc1cc(C(=O)Nc2ccc(OC)cc2)ccc1OCC. The third kappa shape index (κ3) is 5.50. The van der Waals surface area contributed by atoms with Crippen LogP contribution in [-0.2, 0) is 11.3 Å². The topological polar surface area (TPSA) is 56.8 Å². The third-order valence-corrected chi connectivity index (χ3v) is 3.58. The predicted octanol–water partition coefficient (Wildman–Crippen LogP) is 4.27. The number of benzene rings is 2. The van der Waals surface area contributed by atoms with Crippen LogP contribution < -0.4 is 14.8 Å². The first-order valence-electron chi connectivity index (χ1n) is 8.46. The molecule has 0 aliphatic rings. The Bertz CT molecular complexity index is 683. The van der Waals surface area contributed by atoms with Crippen molar-refractivity contribution in [2.24, 2.45) is 0 Å². The van der Waals surface area contributed by atoms with Crippen molar-refractivity contribution in [2.75, 3.05) is 25.6 Å². The highest BCUT2D eigenvalue weighted by molar-refractivity contribution is 6.04. The average Bonchev–Trinajstić information content (AvgIpc) is 2.64. The van der Waals surface area contributed by atoms with Crippen LogP contribution >= 0.6 is 0 Å². The van der Waals surface area contributed by atoms with Crippen LogP contribution in [0.25, 0.3) is 0 Å². The van der Waals surface area contributed by atoms with Crippen molar-refractivity contribution in [3.63, 3.8) is 0 Å². The van der Waals surface area contributed by atoms with E-state index < -0.39 is 0 Å². The van der Waals surface area contributed by atoms with Gasteiger partial charge in [-0.25, -0.2) is 0 Å². The minimum absolute atomic E-state index is 0.176. The van der Waals surface area contributed by atoms with E-state index in [0.29, 0.717) is 31.1 Å². The van der Waals surface area contributed by atoms with Gasteiger partial charge in [0.05, 0.1) is 20.3 Å². The van der Waals surface area contributed by atoms with Gasteiger partial charge in [-0.1, -0.05) is 6.92 Å². The summed E-state index contributed by atoms with van der Waals surface area (Å²) in [6, 6.07) is 12.6. The van der Waals surface area contributed by atoms with Crippen LogP contribution in [0.4, 0.5) is 5.69 Å². The quantitative estimate of drug-likeness (QED) is 0.691. The number of anilines is 1. The van der Waals surface area contributed by atoms with Crippen LogP contribution in [-0.4, -0.2) is 26.2 Å². The second-order valence-electron chi connectivity index (χ2n) is 5.49. The van der Waals surface area contributed by atoms with Gasteiger partial charge in [-0.3, -0.25) is 4.79 Å². The molecule has 0 radical (unpaired) electrons. The fourth-order valence-electron chi connectivity index (χ4n) is 2.33. The van der Waals surface area contributed by atoms with Gasteiger partial charge in [0.25, 0.3) is 5.91 Å². The molecule has 0 bridgehead atoms.